The lowest BCUT2D eigenvalue weighted by Crippen LogP contribution is -2.21. The number of allylic oxidation sites excluding steroid dienone is 1. The van der Waals surface area contributed by atoms with Crippen molar-refractivity contribution < 1.29 is 14.6 Å². The van der Waals surface area contributed by atoms with Gasteiger partial charge >= 0.3 is 5.97 Å². The minimum absolute atomic E-state index is 0.0214. The first-order valence-electron chi connectivity index (χ1n) is 6.57. The number of carbonyl (C=O) groups excluding carboxylic acids is 1. The van der Waals surface area contributed by atoms with Crippen molar-refractivity contribution >= 4 is 5.97 Å². The molecule has 0 radical (unpaired) electrons. The predicted octanol–water partition coefficient (Wildman–Crippen LogP) is 2.29. The summed E-state index contributed by atoms with van der Waals surface area (Å²) in [7, 11) is 0. The minimum atomic E-state index is -0.0214. The van der Waals surface area contributed by atoms with Gasteiger partial charge in [0.25, 0.3) is 0 Å². The van der Waals surface area contributed by atoms with Crippen molar-refractivity contribution in [1.82, 2.24) is 0 Å². The molecule has 2 aliphatic rings. The third kappa shape index (κ3) is 2.39. The van der Waals surface area contributed by atoms with Crippen molar-refractivity contribution in [3.05, 3.63) is 11.6 Å². The number of aliphatic hydroxyl groups excluding tert-OH is 1. The number of carbonyl (C=O) groups is 1. The molecule has 0 bridgehead atoms. The lowest BCUT2D eigenvalue weighted by molar-refractivity contribution is -0.145. The van der Waals surface area contributed by atoms with Crippen LogP contribution in [0.1, 0.15) is 39.5 Å². The highest BCUT2D eigenvalue weighted by molar-refractivity contribution is 5.77. The van der Waals surface area contributed by atoms with Gasteiger partial charge in [0.05, 0.1) is 19.1 Å². The average molecular weight is 238 g/mol. The van der Waals surface area contributed by atoms with Crippen molar-refractivity contribution in [2.45, 2.75) is 39.5 Å². The summed E-state index contributed by atoms with van der Waals surface area (Å²) in [6.07, 6.45) is 6.20. The Hall–Kier alpha value is -0.830. The summed E-state index contributed by atoms with van der Waals surface area (Å²) >= 11 is 0. The quantitative estimate of drug-likeness (QED) is 0.604. The highest BCUT2D eigenvalue weighted by Crippen LogP contribution is 2.61. The summed E-state index contributed by atoms with van der Waals surface area (Å²) in [4.78, 5) is 11.7. The van der Waals surface area contributed by atoms with Crippen LogP contribution in [0.3, 0.4) is 0 Å². The number of esters is 1. The van der Waals surface area contributed by atoms with Crippen LogP contribution in [0.2, 0.25) is 0 Å². The number of ether oxygens (including phenoxy) is 1. The molecule has 0 spiro atoms. The third-order valence-electron chi connectivity index (χ3n) is 4.49. The smallest absolute Gasteiger partial charge is 0.309 e. The van der Waals surface area contributed by atoms with Crippen LogP contribution >= 0.6 is 0 Å². The SMILES string of the molecule is CCOC(=O)C1CC1(C)C1CC=C(CO)CC1. The van der Waals surface area contributed by atoms with Crippen molar-refractivity contribution in [3.63, 3.8) is 0 Å². The van der Waals surface area contributed by atoms with Gasteiger partial charge in [0.15, 0.2) is 0 Å². The first kappa shape index (κ1) is 12.6. The van der Waals surface area contributed by atoms with E-state index in [1.165, 1.54) is 0 Å². The Kier molecular flexibility index (Phi) is 3.57. The fourth-order valence-corrected chi connectivity index (χ4v) is 3.06. The topological polar surface area (TPSA) is 46.5 Å². The molecule has 1 fully saturated rings. The second-order valence-corrected chi connectivity index (χ2v) is 5.51. The summed E-state index contributed by atoms with van der Waals surface area (Å²) < 4.78 is 5.10. The average Bonchev–Trinajstić information content (AvgIpc) is 3.04. The molecule has 3 nitrogen and oxygen atoms in total. The normalized spacial score (nSPS) is 36.3. The fraction of sp³-hybridized carbons (Fsp3) is 0.786. The van der Waals surface area contributed by atoms with E-state index in [1.54, 1.807) is 0 Å². The monoisotopic (exact) mass is 238 g/mol. The van der Waals surface area contributed by atoms with E-state index in [0.717, 1.165) is 31.3 Å². The third-order valence-corrected chi connectivity index (χ3v) is 4.49. The van der Waals surface area contributed by atoms with Gasteiger partial charge in [-0.15, -0.1) is 0 Å². The van der Waals surface area contributed by atoms with E-state index in [-0.39, 0.29) is 23.9 Å². The van der Waals surface area contributed by atoms with Crippen molar-refractivity contribution in [2.75, 3.05) is 13.2 Å². The van der Waals surface area contributed by atoms with E-state index < -0.39 is 0 Å². The molecular weight excluding hydrogens is 216 g/mol. The Balaban J connectivity index is 1.92. The van der Waals surface area contributed by atoms with E-state index in [0.29, 0.717) is 12.5 Å². The number of hydrogen-bond acceptors (Lipinski definition) is 3. The Bertz CT molecular complexity index is 334. The summed E-state index contributed by atoms with van der Waals surface area (Å²) in [5.74, 6) is 0.663. The molecule has 3 heteroatoms. The lowest BCUT2D eigenvalue weighted by atomic mass is 9.78. The molecule has 3 unspecified atom stereocenters. The summed E-state index contributed by atoms with van der Waals surface area (Å²) in [5, 5.41) is 9.06. The molecule has 96 valence electrons. The molecule has 17 heavy (non-hydrogen) atoms. The molecule has 0 aromatic rings. The fourth-order valence-electron chi connectivity index (χ4n) is 3.06. The highest BCUT2D eigenvalue weighted by Gasteiger charge is 2.59. The predicted molar refractivity (Wildman–Crippen MR) is 65.4 cm³/mol. The molecule has 0 aromatic carbocycles. The molecule has 1 N–H and O–H groups in total. The maximum atomic E-state index is 11.7. The Labute approximate surface area is 103 Å². The second kappa shape index (κ2) is 4.81. The summed E-state index contributed by atoms with van der Waals surface area (Å²) in [5.41, 5.74) is 1.29. The molecule has 0 saturated heterocycles. The van der Waals surface area contributed by atoms with E-state index in [2.05, 4.69) is 13.0 Å². The van der Waals surface area contributed by atoms with Crippen molar-refractivity contribution in [3.8, 4) is 0 Å². The Morgan fingerprint density at radius 2 is 2.41 bits per heavy atom. The van der Waals surface area contributed by atoms with Gasteiger partial charge in [-0.25, -0.2) is 0 Å². The molecule has 3 atom stereocenters. The minimum Gasteiger partial charge on any atom is -0.466 e. The number of aliphatic hydroxyl groups is 1. The summed E-state index contributed by atoms with van der Waals surface area (Å²) in [6, 6.07) is 0. The van der Waals surface area contributed by atoms with E-state index in [4.69, 9.17) is 9.84 Å². The molecule has 0 aromatic heterocycles. The van der Waals surface area contributed by atoms with Crippen LogP contribution in [0.15, 0.2) is 11.6 Å². The van der Waals surface area contributed by atoms with Crippen molar-refractivity contribution in [2.24, 2.45) is 17.3 Å². The van der Waals surface area contributed by atoms with Gasteiger partial charge in [-0.1, -0.05) is 13.0 Å². The van der Waals surface area contributed by atoms with Gasteiger partial charge in [0.1, 0.15) is 0 Å². The molecule has 1 saturated carbocycles. The zero-order chi connectivity index (χ0) is 12.5. The molecule has 0 amide bonds. The van der Waals surface area contributed by atoms with Crippen LogP contribution in [-0.2, 0) is 9.53 Å². The van der Waals surface area contributed by atoms with Gasteiger partial charge < -0.3 is 9.84 Å². The number of rotatable bonds is 4. The van der Waals surface area contributed by atoms with Crippen LogP contribution in [0.5, 0.6) is 0 Å². The Morgan fingerprint density at radius 3 is 2.94 bits per heavy atom. The Morgan fingerprint density at radius 1 is 1.65 bits per heavy atom. The maximum absolute atomic E-state index is 11.7. The lowest BCUT2D eigenvalue weighted by Gasteiger charge is -2.27. The second-order valence-electron chi connectivity index (χ2n) is 5.51. The first-order chi connectivity index (χ1) is 8.11. The van der Waals surface area contributed by atoms with E-state index in [1.807, 2.05) is 6.92 Å². The zero-order valence-electron chi connectivity index (χ0n) is 10.7. The van der Waals surface area contributed by atoms with Crippen LogP contribution in [-0.4, -0.2) is 24.3 Å². The van der Waals surface area contributed by atoms with Crippen molar-refractivity contribution in [1.29, 1.82) is 0 Å². The van der Waals surface area contributed by atoms with Crippen LogP contribution in [0.4, 0.5) is 0 Å². The molecule has 2 rings (SSSR count). The zero-order valence-corrected chi connectivity index (χ0v) is 10.7. The standard InChI is InChI=1S/C14H22O3/c1-3-17-13(16)12-8-14(12,2)11-6-4-10(9-15)5-7-11/h4,11-12,15H,3,5-9H2,1-2H3. The molecule has 0 heterocycles. The van der Waals surface area contributed by atoms with Gasteiger partial charge in [0, 0.05) is 0 Å². The van der Waals surface area contributed by atoms with Gasteiger partial charge in [0.2, 0.25) is 0 Å². The first-order valence-corrected chi connectivity index (χ1v) is 6.57. The highest BCUT2D eigenvalue weighted by atomic mass is 16.5. The largest absolute Gasteiger partial charge is 0.466 e. The number of hydrogen-bond donors (Lipinski definition) is 1. The molecule has 2 aliphatic carbocycles. The van der Waals surface area contributed by atoms with Crippen LogP contribution in [0, 0.1) is 17.3 Å². The van der Waals surface area contributed by atoms with Gasteiger partial charge in [-0.3, -0.25) is 4.79 Å². The van der Waals surface area contributed by atoms with E-state index in [9.17, 15) is 4.79 Å². The molecular formula is C14H22O3. The molecule has 0 aliphatic heterocycles. The van der Waals surface area contributed by atoms with E-state index >= 15 is 0 Å². The van der Waals surface area contributed by atoms with Gasteiger partial charge in [-0.05, 0) is 49.5 Å². The van der Waals surface area contributed by atoms with Gasteiger partial charge in [-0.2, -0.15) is 0 Å². The summed E-state index contributed by atoms with van der Waals surface area (Å²) in [6.45, 7) is 4.72. The maximum Gasteiger partial charge on any atom is 0.309 e. The van der Waals surface area contributed by atoms with Crippen LogP contribution < -0.4 is 0 Å². The van der Waals surface area contributed by atoms with Crippen LogP contribution in [0.25, 0.3) is 0 Å².